The van der Waals surface area contributed by atoms with Gasteiger partial charge >= 0.3 is 0 Å². The van der Waals surface area contributed by atoms with E-state index in [9.17, 15) is 0 Å². The van der Waals surface area contributed by atoms with Crippen LogP contribution >= 0.6 is 0 Å². The molecule has 2 rings (SSSR count). The second-order valence-electron chi connectivity index (χ2n) is 4.74. The van der Waals surface area contributed by atoms with Gasteiger partial charge in [0.25, 0.3) is 0 Å². The Kier molecular flexibility index (Phi) is 4.11. The Bertz CT molecular complexity index is 422. The summed E-state index contributed by atoms with van der Waals surface area (Å²) in [5.41, 5.74) is 0.374. The fourth-order valence-corrected chi connectivity index (χ4v) is 2.42. The second-order valence-corrected chi connectivity index (χ2v) is 4.74. The topological polar surface area (TPSA) is 56.0 Å². The molecule has 0 spiro atoms. The Morgan fingerprint density at radius 3 is 2.83 bits per heavy atom. The lowest BCUT2D eigenvalue weighted by atomic mass is 10.2. The van der Waals surface area contributed by atoms with Crippen molar-refractivity contribution in [2.24, 2.45) is 0 Å². The number of hydrogen-bond donors (Lipinski definition) is 0. The van der Waals surface area contributed by atoms with Crippen LogP contribution in [-0.4, -0.2) is 47.6 Å². The lowest BCUT2D eigenvalue weighted by Crippen LogP contribution is -2.40. The number of anilines is 1. The van der Waals surface area contributed by atoms with Gasteiger partial charge in [-0.1, -0.05) is 6.92 Å². The van der Waals surface area contributed by atoms with Crippen molar-refractivity contribution in [2.75, 3.05) is 31.6 Å². The predicted octanol–water partition coefficient (Wildman–Crippen LogP) is 1.27. The molecule has 1 aromatic rings. The van der Waals surface area contributed by atoms with Crippen LogP contribution in [0.5, 0.6) is 0 Å². The zero-order chi connectivity index (χ0) is 13.0. The van der Waals surface area contributed by atoms with Gasteiger partial charge in [0.15, 0.2) is 5.69 Å². The van der Waals surface area contributed by atoms with Gasteiger partial charge in [-0.2, -0.15) is 5.26 Å². The third-order valence-corrected chi connectivity index (χ3v) is 3.42. The van der Waals surface area contributed by atoms with E-state index in [4.69, 9.17) is 5.26 Å². The molecule has 1 saturated heterocycles. The van der Waals surface area contributed by atoms with Crippen molar-refractivity contribution in [1.82, 2.24) is 14.9 Å². The highest BCUT2D eigenvalue weighted by Crippen LogP contribution is 2.18. The highest BCUT2D eigenvalue weighted by molar-refractivity contribution is 5.39. The summed E-state index contributed by atoms with van der Waals surface area (Å²) in [6.07, 6.45) is 5.49. The van der Waals surface area contributed by atoms with Crippen LogP contribution in [0.15, 0.2) is 12.4 Å². The molecule has 1 atom stereocenters. The maximum atomic E-state index is 8.74. The molecular weight excluding hydrogens is 226 g/mol. The number of nitrogens with zero attached hydrogens (tertiary/aromatic N) is 5. The molecule has 0 radical (unpaired) electrons. The molecule has 5 heteroatoms. The molecule has 1 aromatic heterocycles. The first-order valence-corrected chi connectivity index (χ1v) is 6.42. The summed E-state index contributed by atoms with van der Waals surface area (Å²) >= 11 is 0. The molecule has 5 nitrogen and oxygen atoms in total. The number of rotatable bonds is 2. The SMILES string of the molecule is CCC1CN(C)CCCN1c1cnc(C#N)cn1. The molecular formula is C13H19N5. The normalized spacial score (nSPS) is 21.4. The second kappa shape index (κ2) is 5.78. The maximum Gasteiger partial charge on any atom is 0.158 e. The van der Waals surface area contributed by atoms with E-state index in [0.717, 1.165) is 38.3 Å². The van der Waals surface area contributed by atoms with E-state index in [1.807, 2.05) is 6.07 Å². The Morgan fingerprint density at radius 1 is 1.39 bits per heavy atom. The highest BCUT2D eigenvalue weighted by atomic mass is 15.3. The molecule has 0 saturated carbocycles. The van der Waals surface area contributed by atoms with Gasteiger partial charge < -0.3 is 9.80 Å². The van der Waals surface area contributed by atoms with E-state index < -0.39 is 0 Å². The first kappa shape index (κ1) is 12.8. The molecule has 1 aliphatic heterocycles. The molecule has 0 amide bonds. The molecule has 0 aromatic carbocycles. The minimum atomic E-state index is 0.374. The van der Waals surface area contributed by atoms with Crippen LogP contribution in [0.3, 0.4) is 0 Å². The van der Waals surface area contributed by atoms with Crippen molar-refractivity contribution in [2.45, 2.75) is 25.8 Å². The Hall–Kier alpha value is -1.67. The van der Waals surface area contributed by atoms with Gasteiger partial charge in [-0.15, -0.1) is 0 Å². The van der Waals surface area contributed by atoms with E-state index in [0.29, 0.717) is 11.7 Å². The third kappa shape index (κ3) is 2.77. The fourth-order valence-electron chi connectivity index (χ4n) is 2.42. The summed E-state index contributed by atoms with van der Waals surface area (Å²) in [6, 6.07) is 2.47. The van der Waals surface area contributed by atoms with Crippen molar-refractivity contribution < 1.29 is 0 Å². The summed E-state index contributed by atoms with van der Waals surface area (Å²) < 4.78 is 0. The van der Waals surface area contributed by atoms with Crippen molar-refractivity contribution in [3.8, 4) is 6.07 Å². The largest absolute Gasteiger partial charge is 0.351 e. The molecule has 1 fully saturated rings. The Balaban J connectivity index is 2.20. The van der Waals surface area contributed by atoms with Crippen molar-refractivity contribution in [1.29, 1.82) is 5.26 Å². The Morgan fingerprint density at radius 2 is 2.22 bits per heavy atom. The zero-order valence-electron chi connectivity index (χ0n) is 11.0. The highest BCUT2D eigenvalue weighted by Gasteiger charge is 2.23. The van der Waals surface area contributed by atoms with Crippen LogP contribution in [0.2, 0.25) is 0 Å². The number of hydrogen-bond acceptors (Lipinski definition) is 5. The van der Waals surface area contributed by atoms with E-state index in [-0.39, 0.29) is 0 Å². The fraction of sp³-hybridized carbons (Fsp3) is 0.615. The van der Waals surface area contributed by atoms with Crippen LogP contribution in [-0.2, 0) is 0 Å². The average molecular weight is 245 g/mol. The van der Waals surface area contributed by atoms with E-state index in [2.05, 4.69) is 33.7 Å². The summed E-state index contributed by atoms with van der Waals surface area (Å²) in [5, 5.41) is 8.74. The smallest absolute Gasteiger partial charge is 0.158 e. The molecule has 18 heavy (non-hydrogen) atoms. The lowest BCUT2D eigenvalue weighted by molar-refractivity contribution is 0.327. The first-order valence-electron chi connectivity index (χ1n) is 6.42. The average Bonchev–Trinajstić information content (AvgIpc) is 2.60. The van der Waals surface area contributed by atoms with Crippen LogP contribution in [0.25, 0.3) is 0 Å². The van der Waals surface area contributed by atoms with Crippen molar-refractivity contribution in [3.63, 3.8) is 0 Å². The quantitative estimate of drug-likeness (QED) is 0.785. The molecule has 0 bridgehead atoms. The van der Waals surface area contributed by atoms with Crippen molar-refractivity contribution in [3.05, 3.63) is 18.1 Å². The standard InChI is InChI=1S/C13H19N5/c1-3-12-10-17(2)5-4-6-18(12)13-9-15-11(7-14)8-16-13/h8-9,12H,3-6,10H2,1-2H3. The van der Waals surface area contributed by atoms with Gasteiger partial charge in [-0.25, -0.2) is 9.97 Å². The monoisotopic (exact) mass is 245 g/mol. The van der Waals surface area contributed by atoms with Crippen LogP contribution in [0, 0.1) is 11.3 Å². The minimum Gasteiger partial charge on any atom is -0.351 e. The number of likely N-dealkylation sites (N-methyl/N-ethyl adjacent to an activating group) is 1. The number of nitriles is 1. The van der Waals surface area contributed by atoms with E-state index >= 15 is 0 Å². The maximum absolute atomic E-state index is 8.74. The molecule has 1 unspecified atom stereocenters. The molecule has 0 N–H and O–H groups in total. The Labute approximate surface area is 108 Å². The van der Waals surface area contributed by atoms with E-state index in [1.54, 1.807) is 12.4 Å². The number of aromatic nitrogens is 2. The first-order chi connectivity index (χ1) is 8.74. The lowest BCUT2D eigenvalue weighted by Gasteiger charge is -2.30. The molecule has 0 aliphatic carbocycles. The molecule has 1 aliphatic rings. The van der Waals surface area contributed by atoms with Crippen molar-refractivity contribution >= 4 is 5.82 Å². The minimum absolute atomic E-state index is 0.374. The van der Waals surface area contributed by atoms with Gasteiger partial charge in [-0.05, 0) is 26.4 Å². The van der Waals surface area contributed by atoms with Gasteiger partial charge in [0.2, 0.25) is 0 Å². The van der Waals surface area contributed by atoms with Crippen LogP contribution < -0.4 is 4.90 Å². The summed E-state index contributed by atoms with van der Waals surface area (Å²) in [7, 11) is 2.16. The molecule has 2 heterocycles. The summed E-state index contributed by atoms with van der Waals surface area (Å²) in [6.45, 7) is 5.38. The van der Waals surface area contributed by atoms with Gasteiger partial charge in [0.1, 0.15) is 11.9 Å². The van der Waals surface area contributed by atoms with Gasteiger partial charge in [0.05, 0.1) is 12.4 Å². The van der Waals surface area contributed by atoms with Crippen LogP contribution in [0.4, 0.5) is 5.82 Å². The van der Waals surface area contributed by atoms with Gasteiger partial charge in [0, 0.05) is 19.1 Å². The zero-order valence-corrected chi connectivity index (χ0v) is 11.0. The summed E-state index contributed by atoms with van der Waals surface area (Å²) in [4.78, 5) is 13.2. The summed E-state index contributed by atoms with van der Waals surface area (Å²) in [5.74, 6) is 0.885. The van der Waals surface area contributed by atoms with Crippen LogP contribution in [0.1, 0.15) is 25.5 Å². The molecule has 96 valence electrons. The third-order valence-electron chi connectivity index (χ3n) is 3.42. The van der Waals surface area contributed by atoms with Gasteiger partial charge in [-0.3, -0.25) is 0 Å². The van der Waals surface area contributed by atoms with E-state index in [1.165, 1.54) is 0 Å². The predicted molar refractivity (Wildman–Crippen MR) is 70.3 cm³/mol.